The van der Waals surface area contributed by atoms with Gasteiger partial charge in [-0.05, 0) is 158 Å². The number of nitrogens with zero attached hydrogens (tertiary/aromatic N) is 1. The van der Waals surface area contributed by atoms with Crippen molar-refractivity contribution in [2.75, 3.05) is 4.90 Å². The fraction of sp³-hybridized carbons (Fsp3) is 0.206. The number of rotatable bonds is 6. The van der Waals surface area contributed by atoms with E-state index < -0.39 is 5.41 Å². The Hall–Kier alpha value is -7.22. The summed E-state index contributed by atoms with van der Waals surface area (Å²) in [5.74, 6) is 3.11. The third-order valence-electron chi connectivity index (χ3n) is 18.5. The zero-order valence-corrected chi connectivity index (χ0v) is 39.5. The van der Waals surface area contributed by atoms with Crippen LogP contribution in [0, 0.1) is 23.7 Å². The van der Waals surface area contributed by atoms with Crippen LogP contribution in [0.3, 0.4) is 0 Å². The van der Waals surface area contributed by atoms with Gasteiger partial charge in [-0.3, -0.25) is 0 Å². The highest BCUT2D eigenvalue weighted by atomic mass is 15.1. The Morgan fingerprint density at radius 1 is 0.362 bits per heavy atom. The summed E-state index contributed by atoms with van der Waals surface area (Å²) < 4.78 is 0. The molecule has 1 nitrogen and oxygen atoms in total. The first-order chi connectivity index (χ1) is 34.0. The minimum absolute atomic E-state index is 0.0393. The van der Waals surface area contributed by atoms with Crippen LogP contribution in [0.4, 0.5) is 17.1 Å². The molecule has 9 aromatic carbocycles. The average Bonchev–Trinajstić information content (AvgIpc) is 3.96. The molecule has 0 radical (unpaired) electrons. The highest BCUT2D eigenvalue weighted by Crippen LogP contribution is 2.70. The van der Waals surface area contributed by atoms with Gasteiger partial charge in [-0.25, -0.2) is 0 Å². The Kier molecular flexibility index (Phi) is 8.30. The molecule has 0 saturated heterocycles. The summed E-state index contributed by atoms with van der Waals surface area (Å²) in [7, 11) is 0. The fourth-order valence-corrected chi connectivity index (χ4v) is 16.3. The van der Waals surface area contributed by atoms with Crippen molar-refractivity contribution in [2.24, 2.45) is 23.7 Å². The molecular weight excluding hydrogens is 831 g/mol. The summed E-state index contributed by atoms with van der Waals surface area (Å²) in [4.78, 5) is 2.69. The van der Waals surface area contributed by atoms with E-state index in [2.05, 4.69) is 231 Å². The molecule has 332 valence electrons. The second-order valence-electron chi connectivity index (χ2n) is 21.9. The maximum Gasteiger partial charge on any atom is 0.0714 e. The monoisotopic (exact) mass is 885 g/mol. The van der Waals surface area contributed by atoms with Crippen LogP contribution in [0.15, 0.2) is 212 Å². The topological polar surface area (TPSA) is 3.24 Å². The molecular formula is C68H55N. The van der Waals surface area contributed by atoms with Gasteiger partial charge in [0.2, 0.25) is 0 Å². The zero-order chi connectivity index (χ0) is 45.6. The van der Waals surface area contributed by atoms with Crippen molar-refractivity contribution in [3.8, 4) is 44.5 Å². The lowest BCUT2D eigenvalue weighted by molar-refractivity contribution is -0.0399. The van der Waals surface area contributed by atoms with Gasteiger partial charge in [0.1, 0.15) is 0 Å². The second-order valence-corrected chi connectivity index (χ2v) is 21.9. The number of anilines is 3. The third-order valence-corrected chi connectivity index (χ3v) is 18.5. The van der Waals surface area contributed by atoms with E-state index in [1.165, 1.54) is 127 Å². The fourth-order valence-electron chi connectivity index (χ4n) is 16.3. The molecule has 9 aromatic rings. The van der Waals surface area contributed by atoms with Crippen molar-refractivity contribution in [1.29, 1.82) is 0 Å². The molecule has 0 atom stereocenters. The minimum Gasteiger partial charge on any atom is -0.309 e. The highest BCUT2D eigenvalue weighted by molar-refractivity contribution is 6.01. The van der Waals surface area contributed by atoms with E-state index in [1.807, 2.05) is 0 Å². The zero-order valence-electron chi connectivity index (χ0n) is 39.5. The first-order valence-corrected chi connectivity index (χ1v) is 25.7. The predicted molar refractivity (Wildman–Crippen MR) is 285 cm³/mol. The highest BCUT2D eigenvalue weighted by Gasteiger charge is 2.61. The molecule has 7 aliphatic rings. The van der Waals surface area contributed by atoms with Crippen molar-refractivity contribution >= 4 is 17.1 Å². The van der Waals surface area contributed by atoms with Crippen LogP contribution in [0.25, 0.3) is 44.5 Å². The summed E-state index contributed by atoms with van der Waals surface area (Å²) >= 11 is 0. The molecule has 0 heterocycles. The number of benzene rings is 9. The number of hydrogen-bond acceptors (Lipinski definition) is 1. The summed E-state index contributed by atoms with van der Waals surface area (Å²) in [6.07, 6.45) is 6.89. The lowest BCUT2D eigenvalue weighted by atomic mass is 9.43. The van der Waals surface area contributed by atoms with Gasteiger partial charge < -0.3 is 4.90 Å². The third kappa shape index (κ3) is 5.16. The van der Waals surface area contributed by atoms with E-state index in [1.54, 1.807) is 11.1 Å². The van der Waals surface area contributed by atoms with E-state index >= 15 is 0 Å². The van der Waals surface area contributed by atoms with Gasteiger partial charge in [0.25, 0.3) is 0 Å². The molecule has 4 saturated carbocycles. The van der Waals surface area contributed by atoms with E-state index in [0.29, 0.717) is 11.8 Å². The molecule has 0 aliphatic heterocycles. The van der Waals surface area contributed by atoms with Crippen LogP contribution in [0.2, 0.25) is 0 Å². The Labute approximate surface area is 407 Å². The van der Waals surface area contributed by atoms with E-state index in [-0.39, 0.29) is 10.8 Å². The lowest BCUT2D eigenvalue weighted by Crippen LogP contribution is -2.55. The molecule has 7 aliphatic carbocycles. The lowest BCUT2D eigenvalue weighted by Gasteiger charge is -2.61. The van der Waals surface area contributed by atoms with Gasteiger partial charge in [0, 0.05) is 27.6 Å². The largest absolute Gasteiger partial charge is 0.309 e. The van der Waals surface area contributed by atoms with Crippen LogP contribution in [-0.4, -0.2) is 0 Å². The maximum atomic E-state index is 2.70. The van der Waals surface area contributed by atoms with Crippen molar-refractivity contribution in [2.45, 2.75) is 62.2 Å². The van der Waals surface area contributed by atoms with Crippen molar-refractivity contribution in [3.63, 3.8) is 0 Å². The van der Waals surface area contributed by atoms with Crippen molar-refractivity contribution in [1.82, 2.24) is 0 Å². The number of fused-ring (bicyclic) bond motifs is 9. The Morgan fingerprint density at radius 2 is 0.841 bits per heavy atom. The summed E-state index contributed by atoms with van der Waals surface area (Å²) in [6, 6.07) is 81.7. The minimum atomic E-state index is -0.518. The number of hydrogen-bond donors (Lipinski definition) is 0. The molecule has 1 spiro atoms. The van der Waals surface area contributed by atoms with Crippen LogP contribution >= 0.6 is 0 Å². The molecule has 1 heteroatoms. The summed E-state index contributed by atoms with van der Waals surface area (Å²) in [5, 5.41) is 0. The van der Waals surface area contributed by atoms with Gasteiger partial charge in [-0.15, -0.1) is 0 Å². The van der Waals surface area contributed by atoms with Gasteiger partial charge in [-0.2, -0.15) is 0 Å². The second kappa shape index (κ2) is 14.4. The van der Waals surface area contributed by atoms with Crippen LogP contribution < -0.4 is 4.90 Å². The smallest absolute Gasteiger partial charge is 0.0714 e. The molecule has 0 aromatic heterocycles. The first-order valence-electron chi connectivity index (χ1n) is 25.7. The standard InChI is InChI=1S/C68H55N/c1-66(2)57-29-13-9-24-51(57)54-27-17-28-55(65(54)66)53-25-12-16-33-62(53)69(49-35-36-52-50-23-10-14-30-58(50)68(61(52)42-49)47-38-43-37-44(40-47)41-48(68)39-43)63-34-18-32-60-64(63)56-26-11-15-31-59(56)67(60,45-19-5-3-6-20-45)46-21-7-4-8-22-46/h3-36,42-44,47-48H,37-41H2,1-2H3. The van der Waals surface area contributed by atoms with Gasteiger partial charge in [-0.1, -0.05) is 202 Å². The summed E-state index contributed by atoms with van der Waals surface area (Å²) in [5.41, 5.74) is 25.0. The van der Waals surface area contributed by atoms with E-state index in [0.717, 1.165) is 11.8 Å². The molecule has 0 amide bonds. The van der Waals surface area contributed by atoms with Crippen molar-refractivity contribution < 1.29 is 0 Å². The quantitative estimate of drug-likeness (QED) is 0.161. The van der Waals surface area contributed by atoms with E-state index in [9.17, 15) is 0 Å². The molecule has 69 heavy (non-hydrogen) atoms. The number of para-hydroxylation sites is 1. The van der Waals surface area contributed by atoms with Crippen molar-refractivity contribution in [3.05, 3.63) is 257 Å². The molecule has 4 bridgehead atoms. The van der Waals surface area contributed by atoms with Crippen LogP contribution in [0.5, 0.6) is 0 Å². The normalized spacial score (nSPS) is 22.9. The van der Waals surface area contributed by atoms with Gasteiger partial charge in [0.15, 0.2) is 0 Å². The van der Waals surface area contributed by atoms with Gasteiger partial charge >= 0.3 is 0 Å². The molecule has 16 rings (SSSR count). The molecule has 0 unspecified atom stereocenters. The summed E-state index contributed by atoms with van der Waals surface area (Å²) in [6.45, 7) is 4.86. The van der Waals surface area contributed by atoms with E-state index in [4.69, 9.17) is 0 Å². The first kappa shape index (κ1) is 39.7. The SMILES string of the molecule is CC1(C)c2ccccc2-c2cccc(-c3ccccc3N(c3ccc4c(c3)C3(c5ccccc5-4)C4CC5CC(C4)CC3C5)c3cccc4c3-c3ccccc3C4(c3ccccc3)c3ccccc3)c21. The maximum absolute atomic E-state index is 2.70. The molecule has 0 N–H and O–H groups in total. The molecule has 4 fully saturated rings. The van der Waals surface area contributed by atoms with Gasteiger partial charge in [0.05, 0.1) is 16.8 Å². The van der Waals surface area contributed by atoms with Crippen LogP contribution in [-0.2, 0) is 16.2 Å². The average molecular weight is 886 g/mol. The Bertz CT molecular complexity index is 3490. The Balaban J connectivity index is 1.03. The predicted octanol–water partition coefficient (Wildman–Crippen LogP) is 17.2. The Morgan fingerprint density at radius 3 is 1.52 bits per heavy atom. The van der Waals surface area contributed by atoms with Crippen LogP contribution in [0.1, 0.15) is 90.5 Å².